The van der Waals surface area contributed by atoms with Gasteiger partial charge < -0.3 is 29.3 Å². The van der Waals surface area contributed by atoms with Crippen molar-refractivity contribution < 1.29 is 43.2 Å². The number of halogens is 1. The van der Waals surface area contributed by atoms with Gasteiger partial charge in [-0.3, -0.25) is 9.69 Å². The Kier molecular flexibility index (Phi) is 9.62. The molecule has 34 heavy (non-hydrogen) atoms. The van der Waals surface area contributed by atoms with Crippen molar-refractivity contribution in [3.63, 3.8) is 0 Å². The van der Waals surface area contributed by atoms with Crippen molar-refractivity contribution in [2.75, 3.05) is 47.5 Å². The van der Waals surface area contributed by atoms with E-state index in [0.29, 0.717) is 50.0 Å². The average Bonchev–Trinajstić information content (AvgIpc) is 2.84. The lowest BCUT2D eigenvalue weighted by Crippen LogP contribution is -2.48. The Morgan fingerprint density at radius 2 is 1.41 bits per heavy atom. The molecule has 3 rings (SSSR count). The van der Waals surface area contributed by atoms with Crippen LogP contribution in [0.15, 0.2) is 36.4 Å². The Bertz CT molecular complexity index is 985. The number of piperazine rings is 1. The van der Waals surface area contributed by atoms with E-state index in [-0.39, 0.29) is 11.5 Å². The maximum absolute atomic E-state index is 13.9. The Labute approximate surface area is 196 Å². The fourth-order valence-corrected chi connectivity index (χ4v) is 3.40. The molecule has 2 aromatic rings. The van der Waals surface area contributed by atoms with E-state index in [1.807, 2.05) is 12.1 Å². The fraction of sp³-hybridized carbons (Fsp3) is 0.348. The van der Waals surface area contributed by atoms with E-state index in [2.05, 4.69) is 4.90 Å². The number of carbonyl (C=O) groups is 3. The van der Waals surface area contributed by atoms with Crippen LogP contribution in [0, 0.1) is 5.82 Å². The molecule has 10 nitrogen and oxygen atoms in total. The Balaban J connectivity index is 0.000000604. The molecule has 0 unspecified atom stereocenters. The summed E-state index contributed by atoms with van der Waals surface area (Å²) in [5.41, 5.74) is 1.16. The highest BCUT2D eigenvalue weighted by Crippen LogP contribution is 2.38. The van der Waals surface area contributed by atoms with E-state index in [1.54, 1.807) is 38.4 Å². The summed E-state index contributed by atoms with van der Waals surface area (Å²) in [6.45, 7) is 3.21. The molecule has 0 bridgehead atoms. The molecule has 1 saturated heterocycles. The number of nitrogens with zero attached hydrogens (tertiary/aromatic N) is 2. The molecule has 1 amide bonds. The predicted molar refractivity (Wildman–Crippen MR) is 119 cm³/mol. The number of rotatable bonds is 6. The molecule has 1 aliphatic heterocycles. The third-order valence-corrected chi connectivity index (χ3v) is 5.08. The van der Waals surface area contributed by atoms with Crippen LogP contribution in [0.2, 0.25) is 0 Å². The number of amides is 1. The van der Waals surface area contributed by atoms with Crippen molar-refractivity contribution in [2.24, 2.45) is 0 Å². The number of hydrogen-bond acceptors (Lipinski definition) is 7. The number of carboxylic acid groups (broad SMARTS) is 2. The molecular formula is C23H27FN2O8. The minimum absolute atomic E-state index is 0.126. The van der Waals surface area contributed by atoms with E-state index in [0.717, 1.165) is 5.56 Å². The largest absolute Gasteiger partial charge is 0.493 e. The SMILES string of the molecule is COc1cc(CN2CCN(C(=O)c3ccccc3F)CC2)cc(OC)c1OC.O=C(O)C(=O)O. The number of hydrogen-bond donors (Lipinski definition) is 2. The standard InChI is InChI=1S/C21H25FN2O4.C2H2O4/c1-26-18-12-15(13-19(27-2)20(18)28-3)14-23-8-10-24(11-9-23)21(25)16-6-4-5-7-17(16)22;3-1(4)2(5)6/h4-7,12-13H,8-11,14H2,1-3H3;(H,3,4)(H,5,6). The third kappa shape index (κ3) is 6.82. The van der Waals surface area contributed by atoms with Gasteiger partial charge in [-0.05, 0) is 29.8 Å². The number of ether oxygens (including phenoxy) is 3. The lowest BCUT2D eigenvalue weighted by atomic mass is 10.1. The number of methoxy groups -OCH3 is 3. The summed E-state index contributed by atoms with van der Waals surface area (Å²) in [6.07, 6.45) is 0. The van der Waals surface area contributed by atoms with E-state index >= 15 is 0 Å². The normalized spacial score (nSPS) is 13.4. The van der Waals surface area contributed by atoms with Gasteiger partial charge in [0.25, 0.3) is 5.91 Å². The van der Waals surface area contributed by atoms with Gasteiger partial charge in [-0.2, -0.15) is 0 Å². The third-order valence-electron chi connectivity index (χ3n) is 5.08. The summed E-state index contributed by atoms with van der Waals surface area (Å²) in [7, 11) is 4.76. The quantitative estimate of drug-likeness (QED) is 0.599. The van der Waals surface area contributed by atoms with Gasteiger partial charge in [-0.15, -0.1) is 0 Å². The van der Waals surface area contributed by atoms with Crippen LogP contribution in [0.5, 0.6) is 17.2 Å². The molecule has 0 aliphatic carbocycles. The molecule has 1 heterocycles. The van der Waals surface area contributed by atoms with Crippen LogP contribution in [-0.2, 0) is 16.1 Å². The highest BCUT2D eigenvalue weighted by atomic mass is 19.1. The van der Waals surface area contributed by atoms with Crippen LogP contribution in [0.4, 0.5) is 4.39 Å². The summed E-state index contributed by atoms with van der Waals surface area (Å²) < 4.78 is 30.0. The molecule has 1 aliphatic rings. The highest BCUT2D eigenvalue weighted by Gasteiger charge is 2.24. The van der Waals surface area contributed by atoms with Crippen LogP contribution in [0.3, 0.4) is 0 Å². The van der Waals surface area contributed by atoms with Crippen molar-refractivity contribution >= 4 is 17.8 Å². The van der Waals surface area contributed by atoms with Crippen molar-refractivity contribution in [3.05, 3.63) is 53.3 Å². The van der Waals surface area contributed by atoms with Gasteiger partial charge in [0.15, 0.2) is 11.5 Å². The molecule has 0 saturated carbocycles. The van der Waals surface area contributed by atoms with Gasteiger partial charge in [0.1, 0.15) is 5.82 Å². The van der Waals surface area contributed by atoms with Gasteiger partial charge in [0, 0.05) is 32.7 Å². The van der Waals surface area contributed by atoms with Crippen LogP contribution in [-0.4, -0.2) is 85.4 Å². The number of benzene rings is 2. The maximum atomic E-state index is 13.9. The first-order chi connectivity index (χ1) is 16.2. The second-order valence-corrected chi connectivity index (χ2v) is 7.19. The van der Waals surface area contributed by atoms with E-state index in [9.17, 15) is 9.18 Å². The van der Waals surface area contributed by atoms with Gasteiger partial charge in [-0.25, -0.2) is 14.0 Å². The predicted octanol–water partition coefficient (Wildman–Crippen LogP) is 1.97. The smallest absolute Gasteiger partial charge is 0.414 e. The summed E-state index contributed by atoms with van der Waals surface area (Å²) in [5.74, 6) is -2.59. The lowest BCUT2D eigenvalue weighted by molar-refractivity contribution is -0.159. The lowest BCUT2D eigenvalue weighted by Gasteiger charge is -2.35. The number of carboxylic acids is 2. The van der Waals surface area contributed by atoms with Crippen molar-refractivity contribution in [3.8, 4) is 17.2 Å². The summed E-state index contributed by atoms with van der Waals surface area (Å²) in [6, 6.07) is 9.96. The highest BCUT2D eigenvalue weighted by molar-refractivity contribution is 6.27. The number of carbonyl (C=O) groups excluding carboxylic acids is 1. The van der Waals surface area contributed by atoms with Crippen LogP contribution in [0.1, 0.15) is 15.9 Å². The molecule has 2 N–H and O–H groups in total. The zero-order chi connectivity index (χ0) is 25.3. The molecule has 11 heteroatoms. The molecule has 0 aromatic heterocycles. The molecule has 0 atom stereocenters. The molecule has 0 spiro atoms. The molecular weight excluding hydrogens is 451 g/mol. The van der Waals surface area contributed by atoms with Crippen molar-refractivity contribution in [2.45, 2.75) is 6.54 Å². The second kappa shape index (κ2) is 12.4. The van der Waals surface area contributed by atoms with Crippen LogP contribution < -0.4 is 14.2 Å². The Hall–Kier alpha value is -3.86. The van der Waals surface area contributed by atoms with E-state index in [4.69, 9.17) is 34.0 Å². The van der Waals surface area contributed by atoms with Gasteiger partial charge >= 0.3 is 11.9 Å². The van der Waals surface area contributed by atoms with Crippen LogP contribution in [0.25, 0.3) is 0 Å². The van der Waals surface area contributed by atoms with Crippen LogP contribution >= 0.6 is 0 Å². The summed E-state index contributed by atoms with van der Waals surface area (Å²) in [5, 5.41) is 14.8. The first-order valence-corrected chi connectivity index (χ1v) is 10.2. The topological polar surface area (TPSA) is 126 Å². The molecule has 1 fully saturated rings. The van der Waals surface area contributed by atoms with Gasteiger partial charge in [-0.1, -0.05) is 12.1 Å². The zero-order valence-electron chi connectivity index (χ0n) is 19.1. The van der Waals surface area contributed by atoms with Crippen molar-refractivity contribution in [1.82, 2.24) is 9.80 Å². The first kappa shape index (κ1) is 26.4. The molecule has 0 radical (unpaired) electrons. The number of aliphatic carboxylic acids is 2. The maximum Gasteiger partial charge on any atom is 0.414 e. The van der Waals surface area contributed by atoms with E-state index < -0.39 is 17.8 Å². The Morgan fingerprint density at radius 1 is 0.882 bits per heavy atom. The minimum Gasteiger partial charge on any atom is -0.493 e. The zero-order valence-corrected chi connectivity index (χ0v) is 19.1. The molecule has 2 aromatic carbocycles. The first-order valence-electron chi connectivity index (χ1n) is 10.2. The van der Waals surface area contributed by atoms with E-state index in [1.165, 1.54) is 12.1 Å². The summed E-state index contributed by atoms with van der Waals surface area (Å²) in [4.78, 5) is 34.7. The Morgan fingerprint density at radius 3 is 1.85 bits per heavy atom. The average molecular weight is 478 g/mol. The van der Waals surface area contributed by atoms with Gasteiger partial charge in [0.2, 0.25) is 5.75 Å². The second-order valence-electron chi connectivity index (χ2n) is 7.19. The summed E-state index contributed by atoms with van der Waals surface area (Å²) >= 11 is 0. The fourth-order valence-electron chi connectivity index (χ4n) is 3.40. The molecule has 184 valence electrons. The minimum atomic E-state index is -1.82. The van der Waals surface area contributed by atoms with Crippen molar-refractivity contribution in [1.29, 1.82) is 0 Å². The monoisotopic (exact) mass is 478 g/mol. The van der Waals surface area contributed by atoms with Gasteiger partial charge in [0.05, 0.1) is 26.9 Å².